The fourth-order valence-electron chi connectivity index (χ4n) is 3.83. The fraction of sp³-hybridized carbons (Fsp3) is 0.316. The molecule has 2 aliphatic rings. The Kier molecular flexibility index (Phi) is 4.63. The number of carbonyl (C=O) groups excluding carboxylic acids is 2. The van der Waals surface area contributed by atoms with E-state index in [4.69, 9.17) is 0 Å². The molecule has 2 heterocycles. The van der Waals surface area contributed by atoms with E-state index < -0.39 is 37.7 Å². The van der Waals surface area contributed by atoms with Crippen LogP contribution in [0.5, 0.6) is 0 Å². The molecule has 1 saturated heterocycles. The first-order valence-corrected chi connectivity index (χ1v) is 10.6. The van der Waals surface area contributed by atoms with Crippen molar-refractivity contribution in [3.05, 3.63) is 48.3 Å². The summed E-state index contributed by atoms with van der Waals surface area (Å²) >= 11 is 0. The van der Waals surface area contributed by atoms with Crippen molar-refractivity contribution in [3.8, 4) is 0 Å². The van der Waals surface area contributed by atoms with Crippen molar-refractivity contribution in [1.29, 1.82) is 0 Å². The van der Waals surface area contributed by atoms with Crippen LogP contribution in [0.1, 0.15) is 19.0 Å². The van der Waals surface area contributed by atoms with Crippen molar-refractivity contribution in [2.45, 2.75) is 35.9 Å². The maximum Gasteiger partial charge on any atom is 0.501 e. The number of hydrogen-bond donors (Lipinski definition) is 1. The monoisotopic (exact) mass is 455 g/mol. The predicted molar refractivity (Wildman–Crippen MR) is 102 cm³/mol. The molecular formula is C19H16F3N3O5S. The van der Waals surface area contributed by atoms with Crippen LogP contribution >= 0.6 is 0 Å². The zero-order chi connectivity index (χ0) is 22.8. The molecule has 31 heavy (non-hydrogen) atoms. The van der Waals surface area contributed by atoms with Crippen LogP contribution in [-0.2, 0) is 21.2 Å². The van der Waals surface area contributed by atoms with Crippen molar-refractivity contribution in [2.24, 2.45) is 5.92 Å². The van der Waals surface area contributed by atoms with E-state index in [1.54, 1.807) is 6.92 Å². The summed E-state index contributed by atoms with van der Waals surface area (Å²) in [5.41, 5.74) is -6.03. The number of aliphatic hydroxyl groups is 1. The van der Waals surface area contributed by atoms with Crippen LogP contribution in [0.25, 0.3) is 0 Å². The summed E-state index contributed by atoms with van der Waals surface area (Å²) in [4.78, 5) is 31.5. The van der Waals surface area contributed by atoms with Gasteiger partial charge in [0, 0.05) is 6.20 Å². The van der Waals surface area contributed by atoms with Crippen molar-refractivity contribution in [3.63, 3.8) is 0 Å². The number of sulfone groups is 1. The zero-order valence-electron chi connectivity index (χ0n) is 16.0. The highest BCUT2D eigenvalue weighted by molar-refractivity contribution is 7.92. The molecule has 0 radical (unpaired) electrons. The Labute approximate surface area is 174 Å². The second kappa shape index (κ2) is 6.76. The number of urea groups is 1. The first-order valence-electron chi connectivity index (χ1n) is 9.11. The number of aromatic nitrogens is 1. The molecule has 1 aliphatic carbocycles. The molecule has 164 valence electrons. The quantitative estimate of drug-likeness (QED) is 0.711. The minimum absolute atomic E-state index is 0.0477. The smallest absolute Gasteiger partial charge is 0.390 e. The van der Waals surface area contributed by atoms with E-state index in [0.29, 0.717) is 29.9 Å². The molecule has 1 N–H and O–H groups in total. The molecule has 2 unspecified atom stereocenters. The van der Waals surface area contributed by atoms with Gasteiger partial charge in [0.05, 0.1) is 28.6 Å². The van der Waals surface area contributed by atoms with Gasteiger partial charge in [0.1, 0.15) is 5.54 Å². The number of amides is 3. The van der Waals surface area contributed by atoms with Gasteiger partial charge in [-0.05, 0) is 48.7 Å². The summed E-state index contributed by atoms with van der Waals surface area (Å²) in [7, 11) is -5.55. The van der Waals surface area contributed by atoms with E-state index in [-0.39, 0.29) is 18.2 Å². The Bertz CT molecular complexity index is 1180. The lowest BCUT2D eigenvalue weighted by Gasteiger charge is -2.22. The summed E-state index contributed by atoms with van der Waals surface area (Å²) in [6, 6.07) is 5.66. The van der Waals surface area contributed by atoms with Crippen molar-refractivity contribution >= 4 is 33.2 Å². The molecular weight excluding hydrogens is 439 g/mol. The number of hydrogen-bond acceptors (Lipinski definition) is 6. The van der Waals surface area contributed by atoms with E-state index in [9.17, 15) is 36.3 Å². The van der Waals surface area contributed by atoms with Crippen molar-refractivity contribution in [2.75, 3.05) is 9.80 Å². The van der Waals surface area contributed by atoms with E-state index in [1.807, 2.05) is 0 Å². The second-order valence-electron chi connectivity index (χ2n) is 7.39. The summed E-state index contributed by atoms with van der Waals surface area (Å²) in [6.45, 7) is 1.42. The van der Waals surface area contributed by atoms with Gasteiger partial charge in [-0.2, -0.15) is 13.2 Å². The van der Waals surface area contributed by atoms with Gasteiger partial charge in [0.25, 0.3) is 15.7 Å². The van der Waals surface area contributed by atoms with E-state index >= 15 is 0 Å². The van der Waals surface area contributed by atoms with Gasteiger partial charge in [0.15, 0.2) is 0 Å². The first kappa shape index (κ1) is 21.2. The topological polar surface area (TPSA) is 108 Å². The Morgan fingerprint density at radius 1 is 1.16 bits per heavy atom. The highest BCUT2D eigenvalue weighted by Crippen LogP contribution is 2.55. The zero-order valence-corrected chi connectivity index (χ0v) is 16.8. The number of pyridine rings is 1. The number of benzene rings is 1. The SMILES string of the molecule is CC1CC12C(=O)N(c1ccc(S(=O)(=O)C(F)(F)F)cc1)C(=O)N2c1ccnc(CO)c1. The highest BCUT2D eigenvalue weighted by atomic mass is 32.2. The third kappa shape index (κ3) is 3.00. The number of nitrogens with zero attached hydrogens (tertiary/aromatic N) is 3. The van der Waals surface area contributed by atoms with E-state index in [2.05, 4.69) is 4.98 Å². The van der Waals surface area contributed by atoms with E-state index in [0.717, 1.165) is 17.0 Å². The molecule has 1 aliphatic heterocycles. The maximum absolute atomic E-state index is 13.2. The molecule has 0 bridgehead atoms. The van der Waals surface area contributed by atoms with Gasteiger partial charge in [-0.15, -0.1) is 0 Å². The number of anilines is 2. The molecule has 1 aromatic heterocycles. The summed E-state index contributed by atoms with van der Waals surface area (Å²) < 4.78 is 61.4. The average molecular weight is 455 g/mol. The molecule has 2 fully saturated rings. The van der Waals surface area contributed by atoms with Gasteiger partial charge in [-0.3, -0.25) is 14.7 Å². The minimum atomic E-state index is -5.55. The second-order valence-corrected chi connectivity index (χ2v) is 9.34. The largest absolute Gasteiger partial charge is 0.501 e. The summed E-state index contributed by atoms with van der Waals surface area (Å²) in [6.07, 6.45) is 1.77. The summed E-state index contributed by atoms with van der Waals surface area (Å²) in [5.74, 6) is -0.733. The van der Waals surface area contributed by atoms with Crippen LogP contribution in [0.3, 0.4) is 0 Å². The van der Waals surface area contributed by atoms with Crippen LogP contribution in [0.2, 0.25) is 0 Å². The lowest BCUT2D eigenvalue weighted by Crippen LogP contribution is -2.39. The number of rotatable bonds is 4. The lowest BCUT2D eigenvalue weighted by atomic mass is 10.1. The van der Waals surface area contributed by atoms with Crippen LogP contribution in [0.15, 0.2) is 47.5 Å². The Morgan fingerprint density at radius 2 is 1.77 bits per heavy atom. The normalized spacial score (nSPS) is 23.7. The molecule has 2 aromatic rings. The molecule has 2 atom stereocenters. The van der Waals surface area contributed by atoms with Crippen LogP contribution < -0.4 is 9.80 Å². The fourth-order valence-corrected chi connectivity index (χ4v) is 4.59. The van der Waals surface area contributed by atoms with Crippen LogP contribution in [0.4, 0.5) is 29.3 Å². The van der Waals surface area contributed by atoms with Gasteiger partial charge in [0.2, 0.25) is 0 Å². The Balaban J connectivity index is 1.74. The molecule has 3 amide bonds. The van der Waals surface area contributed by atoms with E-state index in [1.165, 1.54) is 23.2 Å². The van der Waals surface area contributed by atoms with Gasteiger partial charge >= 0.3 is 11.5 Å². The molecule has 4 rings (SSSR count). The van der Waals surface area contributed by atoms with Gasteiger partial charge < -0.3 is 5.11 Å². The van der Waals surface area contributed by atoms with Gasteiger partial charge in [-0.1, -0.05) is 6.92 Å². The third-order valence-electron chi connectivity index (χ3n) is 5.56. The maximum atomic E-state index is 13.2. The molecule has 1 saturated carbocycles. The number of aliphatic hydroxyl groups excluding tert-OH is 1. The predicted octanol–water partition coefficient (Wildman–Crippen LogP) is 2.62. The average Bonchev–Trinajstić information content (AvgIpc) is 3.33. The first-order chi connectivity index (χ1) is 14.4. The Hall–Kier alpha value is -2.99. The Morgan fingerprint density at radius 3 is 2.29 bits per heavy atom. The number of imide groups is 1. The summed E-state index contributed by atoms with van der Waals surface area (Å²) in [5, 5.41) is 9.33. The highest BCUT2D eigenvalue weighted by Gasteiger charge is 2.70. The van der Waals surface area contributed by atoms with Crippen LogP contribution in [0, 0.1) is 5.92 Å². The molecule has 1 spiro atoms. The number of halogens is 3. The lowest BCUT2D eigenvalue weighted by molar-refractivity contribution is -0.119. The number of alkyl halides is 3. The van der Waals surface area contributed by atoms with Crippen molar-refractivity contribution < 1.29 is 36.3 Å². The standard InChI is InChI=1S/C19H16F3N3O5S/c1-11-9-18(11)16(27)24(17(28)25(18)14-6-7-23-12(8-14)10-26)13-2-4-15(5-3-13)31(29,30)19(20,21)22/h2-8,11,26H,9-10H2,1H3. The minimum Gasteiger partial charge on any atom is -0.390 e. The third-order valence-corrected chi connectivity index (χ3v) is 7.06. The van der Waals surface area contributed by atoms with Crippen LogP contribution in [-0.4, -0.2) is 41.5 Å². The molecule has 1 aromatic carbocycles. The molecule has 8 nitrogen and oxygen atoms in total. The number of carbonyl (C=O) groups is 2. The molecule has 12 heteroatoms. The van der Waals surface area contributed by atoms with Gasteiger partial charge in [-0.25, -0.2) is 18.1 Å². The van der Waals surface area contributed by atoms with Crippen molar-refractivity contribution in [1.82, 2.24) is 4.98 Å².